The van der Waals surface area contributed by atoms with Gasteiger partial charge in [-0.1, -0.05) is 0 Å². The summed E-state index contributed by atoms with van der Waals surface area (Å²) in [7, 11) is 0. The molecule has 16 heavy (non-hydrogen) atoms. The van der Waals surface area contributed by atoms with Gasteiger partial charge in [-0.2, -0.15) is 8.78 Å². The second-order valence-electron chi connectivity index (χ2n) is 3.05. The summed E-state index contributed by atoms with van der Waals surface area (Å²) in [5.41, 5.74) is -0.690. The third-order valence-electron chi connectivity index (χ3n) is 1.98. The van der Waals surface area contributed by atoms with Crippen LogP contribution in [0.1, 0.15) is 5.56 Å². The molecule has 0 saturated carbocycles. The van der Waals surface area contributed by atoms with Crippen LogP contribution in [0.2, 0.25) is 0 Å². The van der Waals surface area contributed by atoms with Crippen molar-refractivity contribution in [3.05, 3.63) is 23.8 Å². The maximum atomic E-state index is 13.2. The van der Waals surface area contributed by atoms with Crippen molar-refractivity contribution in [2.24, 2.45) is 0 Å². The fraction of sp³-hybridized carbons (Fsp3) is 0.333. The minimum Gasteiger partial charge on any atom is -0.409 e. The molecule has 1 aliphatic heterocycles. The first-order valence-electron chi connectivity index (χ1n) is 4.17. The van der Waals surface area contributed by atoms with Gasteiger partial charge in [-0.05, 0) is 24.5 Å². The number of fused-ring (bicyclic) bond motifs is 1. The van der Waals surface area contributed by atoms with E-state index in [-0.39, 0.29) is 0 Å². The molecular weight excluding hydrogens is 248 g/mol. The summed E-state index contributed by atoms with van der Waals surface area (Å²) in [6, 6.07) is 3.56. The molecule has 0 radical (unpaired) electrons. The molecular formula is C9H6F4O2S. The van der Waals surface area contributed by atoms with Gasteiger partial charge in [0.25, 0.3) is 0 Å². The Morgan fingerprint density at radius 1 is 1.19 bits per heavy atom. The summed E-state index contributed by atoms with van der Waals surface area (Å²) in [6.45, 7) is 0. The molecule has 0 aliphatic carbocycles. The van der Waals surface area contributed by atoms with E-state index in [1.54, 1.807) is 6.26 Å². The summed E-state index contributed by atoms with van der Waals surface area (Å²) in [5.74, 6) is -0.570. The zero-order valence-electron chi connectivity index (χ0n) is 7.97. The Balaban J connectivity index is 2.51. The minimum atomic E-state index is -4.31. The first-order chi connectivity index (χ1) is 7.34. The van der Waals surface area contributed by atoms with Gasteiger partial charge in [0.1, 0.15) is 5.75 Å². The summed E-state index contributed by atoms with van der Waals surface area (Å²) in [5, 5.41) is 0. The number of benzene rings is 1. The Bertz CT molecular complexity index is 422. The van der Waals surface area contributed by atoms with E-state index in [1.807, 2.05) is 0 Å². The van der Waals surface area contributed by atoms with Crippen LogP contribution in [0.25, 0.3) is 0 Å². The van der Waals surface area contributed by atoms with Gasteiger partial charge in [0.15, 0.2) is 0 Å². The number of ether oxygens (including phenoxy) is 2. The summed E-state index contributed by atoms with van der Waals surface area (Å²) in [6.07, 6.45) is -6.68. The van der Waals surface area contributed by atoms with Crippen LogP contribution in [0, 0.1) is 0 Å². The highest BCUT2D eigenvalue weighted by Gasteiger charge is 2.54. The lowest BCUT2D eigenvalue weighted by Crippen LogP contribution is -2.41. The fourth-order valence-electron chi connectivity index (χ4n) is 1.31. The lowest BCUT2D eigenvalue weighted by atomic mass is 10.2. The van der Waals surface area contributed by atoms with Gasteiger partial charge >= 0.3 is 12.4 Å². The number of hydrogen-bond donors (Lipinski definition) is 0. The van der Waals surface area contributed by atoms with Gasteiger partial charge in [0.05, 0.1) is 5.56 Å². The van der Waals surface area contributed by atoms with Crippen LogP contribution < -0.4 is 4.74 Å². The SMILES string of the molecule is CSc1ccc2c(c1)C(F)(F)OC(F)(F)O2. The van der Waals surface area contributed by atoms with Crippen molar-refractivity contribution in [2.45, 2.75) is 17.3 Å². The lowest BCUT2D eigenvalue weighted by Gasteiger charge is -2.30. The van der Waals surface area contributed by atoms with Gasteiger partial charge in [-0.15, -0.1) is 20.5 Å². The van der Waals surface area contributed by atoms with Gasteiger partial charge < -0.3 is 4.74 Å². The van der Waals surface area contributed by atoms with Crippen LogP contribution >= 0.6 is 11.8 Å². The molecule has 0 aromatic heterocycles. The highest BCUT2D eigenvalue weighted by molar-refractivity contribution is 7.98. The third kappa shape index (κ3) is 1.97. The monoisotopic (exact) mass is 254 g/mol. The molecule has 0 N–H and O–H groups in total. The van der Waals surface area contributed by atoms with E-state index in [2.05, 4.69) is 9.47 Å². The number of halogens is 4. The first-order valence-corrected chi connectivity index (χ1v) is 5.40. The number of thioether (sulfide) groups is 1. The standard InChI is InChI=1S/C9H6F4O2S/c1-16-5-2-3-7-6(4-5)8(10,11)15-9(12,13)14-7/h2-4H,1H3. The van der Waals surface area contributed by atoms with Crippen molar-refractivity contribution >= 4 is 11.8 Å². The Hall–Kier alpha value is -0.950. The van der Waals surface area contributed by atoms with E-state index in [4.69, 9.17) is 0 Å². The molecule has 1 heterocycles. The smallest absolute Gasteiger partial charge is 0.409 e. The highest BCUT2D eigenvalue weighted by Crippen LogP contribution is 2.46. The second kappa shape index (κ2) is 3.53. The largest absolute Gasteiger partial charge is 0.540 e. The molecule has 88 valence electrons. The zero-order chi connectivity index (χ0) is 12.0. The molecule has 1 aromatic carbocycles. The Labute approximate surface area is 92.5 Å². The van der Waals surface area contributed by atoms with Crippen molar-refractivity contribution in [1.29, 1.82) is 0 Å². The molecule has 0 atom stereocenters. The molecule has 2 rings (SSSR count). The lowest BCUT2D eigenvalue weighted by molar-refractivity contribution is -0.461. The van der Waals surface area contributed by atoms with Gasteiger partial charge in [0.2, 0.25) is 0 Å². The van der Waals surface area contributed by atoms with Crippen LogP contribution in [0.3, 0.4) is 0 Å². The first kappa shape index (κ1) is 11.5. The minimum absolute atomic E-state index is 0.510. The average molecular weight is 254 g/mol. The molecule has 7 heteroatoms. The van der Waals surface area contributed by atoms with Gasteiger partial charge in [-0.3, -0.25) is 0 Å². The molecule has 2 nitrogen and oxygen atoms in total. The highest BCUT2D eigenvalue weighted by atomic mass is 32.2. The van der Waals surface area contributed by atoms with Crippen molar-refractivity contribution in [3.8, 4) is 5.75 Å². The summed E-state index contributed by atoms with van der Waals surface area (Å²) in [4.78, 5) is 0.510. The predicted octanol–water partition coefficient (Wildman–Crippen LogP) is 3.42. The molecule has 0 saturated heterocycles. The van der Waals surface area contributed by atoms with Gasteiger partial charge in [0, 0.05) is 4.90 Å². The third-order valence-corrected chi connectivity index (χ3v) is 2.70. The molecule has 1 aromatic rings. The zero-order valence-corrected chi connectivity index (χ0v) is 8.79. The van der Waals surface area contributed by atoms with Crippen LogP contribution in [-0.4, -0.2) is 12.6 Å². The molecule has 0 bridgehead atoms. The van der Waals surface area contributed by atoms with Crippen molar-refractivity contribution in [3.63, 3.8) is 0 Å². The van der Waals surface area contributed by atoms with Crippen molar-refractivity contribution in [2.75, 3.05) is 6.26 Å². The van der Waals surface area contributed by atoms with Crippen molar-refractivity contribution in [1.82, 2.24) is 0 Å². The Morgan fingerprint density at radius 2 is 1.88 bits per heavy atom. The quantitative estimate of drug-likeness (QED) is 0.565. The molecule has 1 aliphatic rings. The second-order valence-corrected chi connectivity index (χ2v) is 3.93. The van der Waals surface area contributed by atoms with Crippen LogP contribution in [0.4, 0.5) is 17.6 Å². The van der Waals surface area contributed by atoms with Crippen molar-refractivity contribution < 1.29 is 27.0 Å². The van der Waals surface area contributed by atoms with Crippen LogP contribution in [0.5, 0.6) is 5.75 Å². The van der Waals surface area contributed by atoms with E-state index in [0.717, 1.165) is 12.1 Å². The number of hydrogen-bond acceptors (Lipinski definition) is 3. The van der Waals surface area contributed by atoms with Crippen LogP contribution in [-0.2, 0) is 10.8 Å². The molecule has 0 unspecified atom stereocenters. The van der Waals surface area contributed by atoms with E-state index in [0.29, 0.717) is 4.90 Å². The van der Waals surface area contributed by atoms with E-state index in [1.165, 1.54) is 17.8 Å². The topological polar surface area (TPSA) is 18.5 Å². The Morgan fingerprint density at radius 3 is 2.50 bits per heavy atom. The Kier molecular flexibility index (Phi) is 2.54. The van der Waals surface area contributed by atoms with E-state index >= 15 is 0 Å². The molecule has 0 amide bonds. The maximum Gasteiger partial charge on any atom is 0.540 e. The van der Waals surface area contributed by atoms with Gasteiger partial charge in [-0.25, -0.2) is 4.74 Å². The predicted molar refractivity (Wildman–Crippen MR) is 48.8 cm³/mol. The number of rotatable bonds is 1. The van der Waals surface area contributed by atoms with E-state index < -0.39 is 23.7 Å². The van der Waals surface area contributed by atoms with Crippen LogP contribution in [0.15, 0.2) is 23.1 Å². The fourth-order valence-corrected chi connectivity index (χ4v) is 1.75. The summed E-state index contributed by atoms with van der Waals surface area (Å²) < 4.78 is 59.0. The molecule has 0 spiro atoms. The molecule has 0 fully saturated rings. The number of alkyl halides is 4. The maximum absolute atomic E-state index is 13.2. The normalized spacial score (nSPS) is 21.1. The average Bonchev–Trinajstić information content (AvgIpc) is 2.14. The van der Waals surface area contributed by atoms with E-state index in [9.17, 15) is 17.6 Å². The summed E-state index contributed by atoms with van der Waals surface area (Å²) >= 11 is 1.21.